The third-order valence-corrected chi connectivity index (χ3v) is 4.42. The molecule has 4 heteroatoms. The molecule has 98 valence electrons. The van der Waals surface area contributed by atoms with Gasteiger partial charge in [-0.3, -0.25) is 0 Å². The Labute approximate surface area is 117 Å². The average molecular weight is 319 g/mol. The number of hydrogen-bond acceptors (Lipinski definition) is 3. The Bertz CT molecular complexity index is 312. The number of thiophene rings is 1. The molecule has 0 saturated heterocycles. The Balaban J connectivity index is 2.14. The molecule has 0 saturated carbocycles. The summed E-state index contributed by atoms with van der Waals surface area (Å²) in [5.74, 6) is 1.41. The molecule has 1 unspecified atom stereocenters. The summed E-state index contributed by atoms with van der Waals surface area (Å²) in [6, 6.07) is 4.26. The lowest BCUT2D eigenvalue weighted by Crippen LogP contribution is -2.23. The minimum atomic E-state index is 0.664. The van der Waals surface area contributed by atoms with E-state index < -0.39 is 0 Å². The Hall–Kier alpha value is 0.1000. The van der Waals surface area contributed by atoms with Crippen LogP contribution in [-0.2, 0) is 6.54 Å². The van der Waals surface area contributed by atoms with Crippen LogP contribution in [-0.4, -0.2) is 13.1 Å². The van der Waals surface area contributed by atoms with Gasteiger partial charge in [0.2, 0.25) is 0 Å². The molecule has 0 fully saturated rings. The monoisotopic (exact) mass is 318 g/mol. The van der Waals surface area contributed by atoms with Crippen LogP contribution >= 0.6 is 27.3 Å². The zero-order chi connectivity index (χ0) is 12.7. The number of nitrogens with one attached hydrogen (secondary N) is 1. The van der Waals surface area contributed by atoms with Gasteiger partial charge in [0.1, 0.15) is 0 Å². The molecule has 1 atom stereocenters. The zero-order valence-corrected chi connectivity index (χ0v) is 13.1. The van der Waals surface area contributed by atoms with E-state index in [4.69, 9.17) is 5.73 Å². The van der Waals surface area contributed by atoms with Gasteiger partial charge in [0.15, 0.2) is 0 Å². The fourth-order valence-electron chi connectivity index (χ4n) is 1.96. The third kappa shape index (κ3) is 6.55. The molecule has 0 bridgehead atoms. The SMILES string of the molecule is CC(C)CC(CN)CCNCc1ccc(Br)s1. The summed E-state index contributed by atoms with van der Waals surface area (Å²) >= 11 is 5.27. The molecule has 0 amide bonds. The van der Waals surface area contributed by atoms with Crippen LogP contribution in [0.25, 0.3) is 0 Å². The van der Waals surface area contributed by atoms with Crippen LogP contribution in [0.5, 0.6) is 0 Å². The van der Waals surface area contributed by atoms with E-state index in [0.717, 1.165) is 25.6 Å². The van der Waals surface area contributed by atoms with Crippen molar-refractivity contribution >= 4 is 27.3 Å². The van der Waals surface area contributed by atoms with Crippen molar-refractivity contribution < 1.29 is 0 Å². The van der Waals surface area contributed by atoms with Gasteiger partial charge in [-0.25, -0.2) is 0 Å². The smallest absolute Gasteiger partial charge is 0.0701 e. The lowest BCUT2D eigenvalue weighted by molar-refractivity contribution is 0.386. The standard InChI is InChI=1S/C13H23BrN2S/c1-10(2)7-11(8-15)5-6-16-9-12-3-4-13(14)17-12/h3-4,10-11,16H,5-9,15H2,1-2H3. The minimum absolute atomic E-state index is 0.664. The maximum Gasteiger partial charge on any atom is 0.0701 e. The lowest BCUT2D eigenvalue weighted by Gasteiger charge is -2.16. The molecule has 0 aliphatic rings. The van der Waals surface area contributed by atoms with Crippen LogP contribution in [0.3, 0.4) is 0 Å². The Kier molecular flexibility index (Phi) is 7.35. The summed E-state index contributed by atoms with van der Waals surface area (Å²) < 4.78 is 1.20. The van der Waals surface area contributed by atoms with Crippen molar-refractivity contribution in [3.05, 3.63) is 20.8 Å². The van der Waals surface area contributed by atoms with Crippen molar-refractivity contribution in [2.24, 2.45) is 17.6 Å². The molecule has 0 aromatic carbocycles. The van der Waals surface area contributed by atoms with Crippen molar-refractivity contribution in [2.75, 3.05) is 13.1 Å². The van der Waals surface area contributed by atoms with Crippen molar-refractivity contribution in [2.45, 2.75) is 33.2 Å². The molecule has 1 aromatic rings. The third-order valence-electron chi connectivity index (χ3n) is 2.80. The highest BCUT2D eigenvalue weighted by Crippen LogP contribution is 2.21. The first-order valence-electron chi connectivity index (χ1n) is 6.26. The Morgan fingerprint density at radius 1 is 1.41 bits per heavy atom. The maximum absolute atomic E-state index is 5.79. The molecule has 0 aliphatic carbocycles. The second-order valence-corrected chi connectivity index (χ2v) is 7.45. The summed E-state index contributed by atoms with van der Waals surface area (Å²) in [6.45, 7) is 7.36. The molecule has 1 heterocycles. The van der Waals surface area contributed by atoms with Crippen LogP contribution in [0.2, 0.25) is 0 Å². The first-order chi connectivity index (χ1) is 8.11. The van der Waals surface area contributed by atoms with Gasteiger partial charge >= 0.3 is 0 Å². The number of nitrogens with two attached hydrogens (primary N) is 1. The van der Waals surface area contributed by atoms with E-state index in [0.29, 0.717) is 5.92 Å². The van der Waals surface area contributed by atoms with Crippen LogP contribution in [0.15, 0.2) is 15.9 Å². The van der Waals surface area contributed by atoms with E-state index in [9.17, 15) is 0 Å². The van der Waals surface area contributed by atoms with Gasteiger partial charge in [0.25, 0.3) is 0 Å². The van der Waals surface area contributed by atoms with E-state index in [-0.39, 0.29) is 0 Å². The summed E-state index contributed by atoms with van der Waals surface area (Å²) in [7, 11) is 0. The molecule has 3 N–H and O–H groups in total. The van der Waals surface area contributed by atoms with E-state index in [1.165, 1.54) is 21.5 Å². The van der Waals surface area contributed by atoms with Crippen LogP contribution < -0.4 is 11.1 Å². The summed E-state index contributed by atoms with van der Waals surface area (Å²) in [5, 5.41) is 3.49. The largest absolute Gasteiger partial charge is 0.330 e. The molecule has 1 rings (SSSR count). The molecule has 17 heavy (non-hydrogen) atoms. The number of rotatable bonds is 8. The predicted octanol–water partition coefficient (Wildman–Crippen LogP) is 3.61. The van der Waals surface area contributed by atoms with E-state index >= 15 is 0 Å². The topological polar surface area (TPSA) is 38.0 Å². The second-order valence-electron chi connectivity index (χ2n) is 4.90. The maximum atomic E-state index is 5.79. The second kappa shape index (κ2) is 8.25. The molecule has 0 radical (unpaired) electrons. The lowest BCUT2D eigenvalue weighted by atomic mass is 9.94. The number of hydrogen-bond donors (Lipinski definition) is 2. The summed E-state index contributed by atoms with van der Waals surface area (Å²) in [6.07, 6.45) is 2.42. The highest BCUT2D eigenvalue weighted by atomic mass is 79.9. The average Bonchev–Trinajstić information content (AvgIpc) is 2.68. The molecule has 0 aliphatic heterocycles. The van der Waals surface area contributed by atoms with Gasteiger partial charge in [-0.15, -0.1) is 11.3 Å². The molecule has 0 spiro atoms. The van der Waals surface area contributed by atoms with Crippen molar-refractivity contribution in [1.82, 2.24) is 5.32 Å². The van der Waals surface area contributed by atoms with Crippen molar-refractivity contribution in [1.29, 1.82) is 0 Å². The van der Waals surface area contributed by atoms with Gasteiger partial charge in [-0.2, -0.15) is 0 Å². The minimum Gasteiger partial charge on any atom is -0.330 e. The fourth-order valence-corrected chi connectivity index (χ4v) is 3.42. The molecular formula is C13H23BrN2S. The van der Waals surface area contributed by atoms with E-state index in [1.807, 2.05) is 0 Å². The van der Waals surface area contributed by atoms with Gasteiger partial charge in [0.05, 0.1) is 3.79 Å². The first-order valence-corrected chi connectivity index (χ1v) is 7.87. The van der Waals surface area contributed by atoms with Gasteiger partial charge < -0.3 is 11.1 Å². The predicted molar refractivity (Wildman–Crippen MR) is 80.3 cm³/mol. The highest BCUT2D eigenvalue weighted by Gasteiger charge is 2.08. The molecule has 2 nitrogen and oxygen atoms in total. The molecule has 1 aromatic heterocycles. The fraction of sp³-hybridized carbons (Fsp3) is 0.692. The normalized spacial score (nSPS) is 13.2. The van der Waals surface area contributed by atoms with Crippen molar-refractivity contribution in [3.8, 4) is 0 Å². The van der Waals surface area contributed by atoms with E-state index in [2.05, 4.69) is 47.2 Å². The Morgan fingerprint density at radius 3 is 2.71 bits per heavy atom. The van der Waals surface area contributed by atoms with Gasteiger partial charge in [-0.1, -0.05) is 13.8 Å². The first kappa shape index (κ1) is 15.2. The van der Waals surface area contributed by atoms with Crippen LogP contribution in [0, 0.1) is 11.8 Å². The van der Waals surface area contributed by atoms with Crippen LogP contribution in [0.4, 0.5) is 0 Å². The molecular weight excluding hydrogens is 296 g/mol. The number of halogens is 1. The van der Waals surface area contributed by atoms with Crippen LogP contribution in [0.1, 0.15) is 31.6 Å². The Morgan fingerprint density at radius 2 is 2.18 bits per heavy atom. The van der Waals surface area contributed by atoms with Crippen molar-refractivity contribution in [3.63, 3.8) is 0 Å². The van der Waals surface area contributed by atoms with Gasteiger partial charge in [0, 0.05) is 11.4 Å². The zero-order valence-electron chi connectivity index (χ0n) is 10.7. The summed E-state index contributed by atoms with van der Waals surface area (Å²) in [5.41, 5.74) is 5.79. The van der Waals surface area contributed by atoms with Gasteiger partial charge in [-0.05, 0) is 65.8 Å². The summed E-state index contributed by atoms with van der Waals surface area (Å²) in [4.78, 5) is 1.38. The quantitative estimate of drug-likeness (QED) is 0.718. The van der Waals surface area contributed by atoms with E-state index in [1.54, 1.807) is 11.3 Å². The highest BCUT2D eigenvalue weighted by molar-refractivity contribution is 9.11.